The summed E-state index contributed by atoms with van der Waals surface area (Å²) in [5.41, 5.74) is 8.62. The Morgan fingerprint density at radius 1 is 1.29 bits per heavy atom. The molecule has 2 aromatic heterocycles. The number of aromatic nitrogens is 3. The Morgan fingerprint density at radius 3 is 2.82 bits per heavy atom. The molecule has 0 aliphatic carbocycles. The van der Waals surface area contributed by atoms with Crippen LogP contribution in [-0.2, 0) is 7.05 Å². The molecule has 0 saturated heterocycles. The van der Waals surface area contributed by atoms with Gasteiger partial charge in [-0.1, -0.05) is 11.6 Å². The summed E-state index contributed by atoms with van der Waals surface area (Å²) in [6, 6.07) is 5.78. The second-order valence-corrected chi connectivity index (χ2v) is 4.60. The number of nitrogens with two attached hydrogens (primary N) is 1. The molecule has 0 saturated carbocycles. The zero-order valence-electron chi connectivity index (χ0n) is 9.53. The summed E-state index contributed by atoms with van der Waals surface area (Å²) < 4.78 is 1.69. The number of benzene rings is 1. The van der Waals surface area contributed by atoms with Gasteiger partial charge < -0.3 is 5.73 Å². The van der Waals surface area contributed by atoms with Crippen molar-refractivity contribution < 1.29 is 0 Å². The molecule has 1 aromatic carbocycles. The maximum atomic E-state index is 6.04. The van der Waals surface area contributed by atoms with Crippen LogP contribution in [0.5, 0.6) is 0 Å². The van der Waals surface area contributed by atoms with E-state index < -0.39 is 0 Å². The lowest BCUT2D eigenvalue weighted by atomic mass is 10.1. The number of nitrogen functional groups attached to an aromatic ring is 1. The molecule has 0 aliphatic heterocycles. The Bertz CT molecular complexity index is 745. The fourth-order valence-corrected chi connectivity index (χ4v) is 2.39. The van der Waals surface area contributed by atoms with Crippen molar-refractivity contribution in [2.45, 2.75) is 6.92 Å². The summed E-state index contributed by atoms with van der Waals surface area (Å²) in [7, 11) is 1.84. The summed E-state index contributed by atoms with van der Waals surface area (Å²) in [5.74, 6) is 0.495. The van der Waals surface area contributed by atoms with Crippen LogP contribution in [0.1, 0.15) is 5.56 Å². The molecule has 0 atom stereocenters. The van der Waals surface area contributed by atoms with Crippen LogP contribution >= 0.6 is 11.6 Å². The Hall–Kier alpha value is -1.81. The third kappa shape index (κ3) is 1.45. The number of aryl methyl sites for hydroxylation is 2. The van der Waals surface area contributed by atoms with Crippen LogP contribution in [0.4, 0.5) is 5.82 Å². The molecule has 5 heteroatoms. The Kier molecular flexibility index (Phi) is 2.03. The van der Waals surface area contributed by atoms with Gasteiger partial charge in [-0.05, 0) is 30.7 Å². The molecule has 2 heterocycles. The molecule has 17 heavy (non-hydrogen) atoms. The van der Waals surface area contributed by atoms with E-state index in [0.29, 0.717) is 10.8 Å². The fraction of sp³-hybridized carbons (Fsp3) is 0.167. The number of rotatable bonds is 0. The number of nitrogens with zero attached hydrogens (tertiary/aromatic N) is 3. The Balaban J connectivity index is 2.54. The fourth-order valence-electron chi connectivity index (χ4n) is 2.11. The number of fused-ring (bicyclic) bond motifs is 2. The minimum Gasteiger partial charge on any atom is -0.382 e. The van der Waals surface area contributed by atoms with Gasteiger partial charge in [-0.25, -0.2) is 9.67 Å². The highest BCUT2D eigenvalue weighted by molar-refractivity contribution is 6.31. The first-order valence-electron chi connectivity index (χ1n) is 5.25. The Labute approximate surface area is 103 Å². The smallest absolute Gasteiger partial charge is 0.160 e. The lowest BCUT2D eigenvalue weighted by Gasteiger charge is -2.03. The molecule has 0 unspecified atom stereocenters. The third-order valence-electron chi connectivity index (χ3n) is 2.89. The van der Waals surface area contributed by atoms with E-state index in [1.807, 2.05) is 32.2 Å². The van der Waals surface area contributed by atoms with Crippen LogP contribution in [0.15, 0.2) is 18.2 Å². The summed E-state index contributed by atoms with van der Waals surface area (Å²) in [6.07, 6.45) is 0. The monoisotopic (exact) mass is 246 g/mol. The largest absolute Gasteiger partial charge is 0.382 e. The molecular weight excluding hydrogens is 236 g/mol. The zero-order chi connectivity index (χ0) is 12.2. The average molecular weight is 247 g/mol. The van der Waals surface area contributed by atoms with Gasteiger partial charge >= 0.3 is 0 Å². The summed E-state index contributed by atoms with van der Waals surface area (Å²) in [4.78, 5) is 4.60. The first-order chi connectivity index (χ1) is 8.06. The SMILES string of the molecule is Cc1cc(Cl)cc2cc3c(N)nn(C)c3nc12. The van der Waals surface area contributed by atoms with Gasteiger partial charge in [0.1, 0.15) is 0 Å². The van der Waals surface area contributed by atoms with Gasteiger partial charge in [0.15, 0.2) is 11.5 Å². The minimum absolute atomic E-state index is 0.495. The summed E-state index contributed by atoms with van der Waals surface area (Å²) in [6.45, 7) is 1.99. The lowest BCUT2D eigenvalue weighted by Crippen LogP contribution is -1.93. The summed E-state index contributed by atoms with van der Waals surface area (Å²) >= 11 is 6.04. The maximum Gasteiger partial charge on any atom is 0.160 e. The third-order valence-corrected chi connectivity index (χ3v) is 3.11. The van der Waals surface area contributed by atoms with Crippen molar-refractivity contribution >= 4 is 39.4 Å². The predicted octanol–water partition coefficient (Wildman–Crippen LogP) is 2.67. The molecule has 0 bridgehead atoms. The maximum absolute atomic E-state index is 6.04. The molecule has 86 valence electrons. The highest BCUT2D eigenvalue weighted by Crippen LogP contribution is 2.27. The normalized spacial score (nSPS) is 11.5. The van der Waals surface area contributed by atoms with Gasteiger partial charge in [0.05, 0.1) is 10.9 Å². The van der Waals surface area contributed by atoms with E-state index in [1.54, 1.807) is 4.68 Å². The predicted molar refractivity (Wildman–Crippen MR) is 70.2 cm³/mol. The molecule has 2 N–H and O–H groups in total. The van der Waals surface area contributed by atoms with E-state index in [1.165, 1.54) is 0 Å². The Morgan fingerprint density at radius 2 is 2.06 bits per heavy atom. The second kappa shape index (κ2) is 3.34. The molecular formula is C12H11ClN4. The van der Waals surface area contributed by atoms with E-state index in [4.69, 9.17) is 17.3 Å². The van der Waals surface area contributed by atoms with Gasteiger partial charge in [0, 0.05) is 17.5 Å². The molecule has 0 radical (unpaired) electrons. The van der Waals surface area contributed by atoms with Crippen molar-refractivity contribution in [1.29, 1.82) is 0 Å². The van der Waals surface area contributed by atoms with Crippen LogP contribution in [0, 0.1) is 6.92 Å². The van der Waals surface area contributed by atoms with E-state index in [-0.39, 0.29) is 0 Å². The second-order valence-electron chi connectivity index (χ2n) is 4.16. The highest BCUT2D eigenvalue weighted by Gasteiger charge is 2.10. The molecule has 0 amide bonds. The van der Waals surface area contributed by atoms with E-state index >= 15 is 0 Å². The van der Waals surface area contributed by atoms with E-state index in [2.05, 4.69) is 10.1 Å². The van der Waals surface area contributed by atoms with Crippen LogP contribution < -0.4 is 5.73 Å². The number of hydrogen-bond acceptors (Lipinski definition) is 3. The molecule has 3 rings (SSSR count). The van der Waals surface area contributed by atoms with Crippen molar-refractivity contribution in [2.75, 3.05) is 5.73 Å². The molecule has 3 aromatic rings. The van der Waals surface area contributed by atoms with E-state index in [9.17, 15) is 0 Å². The number of anilines is 1. The van der Waals surface area contributed by atoms with Crippen LogP contribution in [0.3, 0.4) is 0 Å². The minimum atomic E-state index is 0.495. The first-order valence-corrected chi connectivity index (χ1v) is 5.63. The van der Waals surface area contributed by atoms with Crippen LogP contribution in [0.2, 0.25) is 5.02 Å². The van der Waals surface area contributed by atoms with Crippen molar-refractivity contribution in [3.05, 3.63) is 28.8 Å². The van der Waals surface area contributed by atoms with Gasteiger partial charge in [-0.3, -0.25) is 0 Å². The molecule has 4 nitrogen and oxygen atoms in total. The number of hydrogen-bond donors (Lipinski definition) is 1. The van der Waals surface area contributed by atoms with Gasteiger partial charge in [-0.15, -0.1) is 0 Å². The van der Waals surface area contributed by atoms with E-state index in [0.717, 1.165) is 27.5 Å². The van der Waals surface area contributed by atoms with Crippen molar-refractivity contribution in [2.24, 2.45) is 7.05 Å². The van der Waals surface area contributed by atoms with Crippen LogP contribution in [-0.4, -0.2) is 14.8 Å². The van der Waals surface area contributed by atoms with Gasteiger partial charge in [0.2, 0.25) is 0 Å². The molecule has 0 fully saturated rings. The van der Waals surface area contributed by atoms with Crippen LogP contribution in [0.25, 0.3) is 21.9 Å². The first kappa shape index (κ1) is 10.4. The standard InChI is InChI=1S/C12H11ClN4/c1-6-3-8(13)4-7-5-9-11(14)16-17(2)12(9)15-10(6)7/h3-5H,1-2H3,(H2,14,16). The summed E-state index contributed by atoms with van der Waals surface area (Å²) in [5, 5.41) is 6.72. The molecule has 0 aliphatic rings. The number of pyridine rings is 1. The topological polar surface area (TPSA) is 56.7 Å². The highest BCUT2D eigenvalue weighted by atomic mass is 35.5. The van der Waals surface area contributed by atoms with Crippen molar-refractivity contribution in [1.82, 2.24) is 14.8 Å². The molecule has 0 spiro atoms. The van der Waals surface area contributed by atoms with Crippen molar-refractivity contribution in [3.8, 4) is 0 Å². The lowest BCUT2D eigenvalue weighted by molar-refractivity contribution is 0.792. The quantitative estimate of drug-likeness (QED) is 0.664. The van der Waals surface area contributed by atoms with Gasteiger partial charge in [-0.2, -0.15) is 5.10 Å². The van der Waals surface area contributed by atoms with Gasteiger partial charge in [0.25, 0.3) is 0 Å². The zero-order valence-corrected chi connectivity index (χ0v) is 10.3. The number of halogens is 1. The average Bonchev–Trinajstić information content (AvgIpc) is 2.52. The van der Waals surface area contributed by atoms with Crippen molar-refractivity contribution in [3.63, 3.8) is 0 Å².